The molecule has 0 fully saturated rings. The first-order chi connectivity index (χ1) is 7.56. The Balaban J connectivity index is 2.62. The molecule has 0 spiro atoms. The molecule has 82 valence electrons. The van der Waals surface area contributed by atoms with Crippen molar-refractivity contribution < 1.29 is 4.39 Å². The molecule has 0 saturated carbocycles. The number of anilines is 1. The molecular weight excluding hydrogens is 227 g/mol. The largest absolute Gasteiger partial charge is 0.399 e. The van der Waals surface area contributed by atoms with Gasteiger partial charge in [0.1, 0.15) is 5.82 Å². The summed E-state index contributed by atoms with van der Waals surface area (Å²) in [6.45, 7) is 1.81. The smallest absolute Gasteiger partial charge is 0.132 e. The van der Waals surface area contributed by atoms with Crippen molar-refractivity contribution in [1.82, 2.24) is 4.98 Å². The van der Waals surface area contributed by atoms with Gasteiger partial charge in [-0.2, -0.15) is 0 Å². The van der Waals surface area contributed by atoms with E-state index in [9.17, 15) is 4.39 Å². The number of rotatable bonds is 1. The van der Waals surface area contributed by atoms with E-state index in [0.29, 0.717) is 22.0 Å². The summed E-state index contributed by atoms with van der Waals surface area (Å²) in [4.78, 5) is 4.23. The van der Waals surface area contributed by atoms with Gasteiger partial charge < -0.3 is 5.73 Å². The van der Waals surface area contributed by atoms with Crippen molar-refractivity contribution in [2.75, 3.05) is 5.73 Å². The van der Waals surface area contributed by atoms with Crippen molar-refractivity contribution in [2.45, 2.75) is 6.92 Å². The van der Waals surface area contributed by atoms with Gasteiger partial charge in [0.15, 0.2) is 0 Å². The maximum absolute atomic E-state index is 13.6. The van der Waals surface area contributed by atoms with E-state index in [1.54, 1.807) is 12.1 Å². The van der Waals surface area contributed by atoms with Crippen molar-refractivity contribution in [3.8, 4) is 11.3 Å². The van der Waals surface area contributed by atoms with Gasteiger partial charge in [-0.25, -0.2) is 4.39 Å². The zero-order valence-corrected chi connectivity index (χ0v) is 9.42. The highest BCUT2D eigenvalue weighted by atomic mass is 35.5. The number of hydrogen-bond acceptors (Lipinski definition) is 2. The third-order valence-electron chi connectivity index (χ3n) is 2.18. The minimum Gasteiger partial charge on any atom is -0.399 e. The summed E-state index contributed by atoms with van der Waals surface area (Å²) in [6.07, 6.45) is 0. The highest BCUT2D eigenvalue weighted by Crippen LogP contribution is 2.26. The first kappa shape index (κ1) is 10.9. The first-order valence-corrected chi connectivity index (χ1v) is 5.13. The maximum Gasteiger partial charge on any atom is 0.132 e. The van der Waals surface area contributed by atoms with Crippen LogP contribution in [0.4, 0.5) is 10.1 Å². The molecule has 0 aliphatic carbocycles. The Labute approximate surface area is 97.9 Å². The molecule has 0 saturated heterocycles. The monoisotopic (exact) mass is 236 g/mol. The summed E-state index contributed by atoms with van der Waals surface area (Å²) in [6, 6.07) is 7.71. The van der Waals surface area contributed by atoms with Crippen LogP contribution in [0, 0.1) is 12.7 Å². The fraction of sp³-hybridized carbons (Fsp3) is 0.0833. The minimum atomic E-state index is -0.359. The van der Waals surface area contributed by atoms with Crippen molar-refractivity contribution >= 4 is 17.3 Å². The second-order valence-corrected chi connectivity index (χ2v) is 3.99. The molecule has 1 aromatic carbocycles. The molecule has 1 heterocycles. The Morgan fingerprint density at radius 2 is 2.00 bits per heavy atom. The number of aryl methyl sites for hydroxylation is 1. The number of hydrogen-bond donors (Lipinski definition) is 1. The van der Waals surface area contributed by atoms with Crippen molar-refractivity contribution in [3.05, 3.63) is 46.9 Å². The molecule has 0 bridgehead atoms. The van der Waals surface area contributed by atoms with Crippen LogP contribution in [0.3, 0.4) is 0 Å². The van der Waals surface area contributed by atoms with Crippen molar-refractivity contribution in [1.29, 1.82) is 0 Å². The second kappa shape index (κ2) is 4.10. The molecule has 1 aromatic heterocycles. The summed E-state index contributed by atoms with van der Waals surface area (Å²) >= 11 is 5.82. The predicted octanol–water partition coefficient (Wildman–Crippen LogP) is 3.43. The number of aromatic nitrogens is 1. The van der Waals surface area contributed by atoms with Crippen LogP contribution >= 0.6 is 11.6 Å². The van der Waals surface area contributed by atoms with E-state index >= 15 is 0 Å². The van der Waals surface area contributed by atoms with Crippen LogP contribution < -0.4 is 5.73 Å². The van der Waals surface area contributed by atoms with E-state index in [2.05, 4.69) is 4.98 Å². The molecule has 0 radical (unpaired) electrons. The lowest BCUT2D eigenvalue weighted by molar-refractivity contribution is 0.630. The number of nitrogen functional groups attached to an aromatic ring is 1. The van der Waals surface area contributed by atoms with E-state index in [4.69, 9.17) is 17.3 Å². The summed E-state index contributed by atoms with van der Waals surface area (Å²) in [5.74, 6) is -0.359. The Morgan fingerprint density at radius 3 is 2.69 bits per heavy atom. The summed E-state index contributed by atoms with van der Waals surface area (Å²) < 4.78 is 13.6. The van der Waals surface area contributed by atoms with Crippen LogP contribution in [0.5, 0.6) is 0 Å². The predicted molar refractivity (Wildman–Crippen MR) is 63.8 cm³/mol. The standard InChI is InChI=1S/C12H10ClFN2/c1-7-4-9(15)6-12(16-7)10-5-8(13)2-3-11(10)14/h2-6H,1H3,(H2,15,16). The highest BCUT2D eigenvalue weighted by Gasteiger charge is 2.08. The fourth-order valence-electron chi connectivity index (χ4n) is 1.53. The van der Waals surface area contributed by atoms with Crippen LogP contribution in [-0.2, 0) is 0 Å². The van der Waals surface area contributed by atoms with Crippen molar-refractivity contribution in [2.24, 2.45) is 0 Å². The lowest BCUT2D eigenvalue weighted by Crippen LogP contribution is -1.94. The number of benzene rings is 1. The van der Waals surface area contributed by atoms with Crippen LogP contribution in [0.15, 0.2) is 30.3 Å². The molecule has 0 unspecified atom stereocenters. The topological polar surface area (TPSA) is 38.9 Å². The first-order valence-electron chi connectivity index (χ1n) is 4.76. The number of nitrogens with zero attached hydrogens (tertiary/aromatic N) is 1. The molecule has 2 nitrogen and oxygen atoms in total. The van der Waals surface area contributed by atoms with Gasteiger partial charge in [-0.15, -0.1) is 0 Å². The number of nitrogens with two attached hydrogens (primary N) is 1. The highest BCUT2D eigenvalue weighted by molar-refractivity contribution is 6.30. The molecular formula is C12H10ClFN2. The third kappa shape index (κ3) is 2.14. The van der Waals surface area contributed by atoms with Crippen molar-refractivity contribution in [3.63, 3.8) is 0 Å². The molecule has 0 aliphatic rings. The van der Waals surface area contributed by atoms with Gasteiger partial charge in [0.25, 0.3) is 0 Å². The van der Waals surface area contributed by atoms with E-state index < -0.39 is 0 Å². The zero-order chi connectivity index (χ0) is 11.7. The zero-order valence-electron chi connectivity index (χ0n) is 8.67. The van der Waals surface area contributed by atoms with Gasteiger partial charge in [-0.1, -0.05) is 11.6 Å². The fourth-order valence-corrected chi connectivity index (χ4v) is 1.70. The summed E-state index contributed by atoms with van der Waals surface area (Å²) in [5, 5.41) is 0.471. The Morgan fingerprint density at radius 1 is 1.25 bits per heavy atom. The van der Waals surface area contributed by atoms with Crippen LogP contribution in [0.2, 0.25) is 5.02 Å². The average Bonchev–Trinajstić information content (AvgIpc) is 2.20. The summed E-state index contributed by atoms with van der Waals surface area (Å²) in [7, 11) is 0. The Kier molecular flexibility index (Phi) is 2.79. The Hall–Kier alpha value is -1.61. The van der Waals surface area contributed by atoms with Gasteiger partial charge in [0, 0.05) is 22.0 Å². The van der Waals surface area contributed by atoms with E-state index in [1.165, 1.54) is 18.2 Å². The lowest BCUT2D eigenvalue weighted by atomic mass is 10.1. The van der Waals surface area contributed by atoms with Crippen LogP contribution in [0.1, 0.15) is 5.69 Å². The minimum absolute atomic E-state index is 0.359. The van der Waals surface area contributed by atoms with Gasteiger partial charge in [-0.05, 0) is 37.3 Å². The third-order valence-corrected chi connectivity index (χ3v) is 2.42. The average molecular weight is 237 g/mol. The Bertz CT molecular complexity index is 520. The van der Waals surface area contributed by atoms with E-state index in [0.717, 1.165) is 5.69 Å². The normalized spacial score (nSPS) is 10.4. The van der Waals surface area contributed by atoms with Crippen LogP contribution in [0.25, 0.3) is 11.3 Å². The molecule has 16 heavy (non-hydrogen) atoms. The molecule has 0 amide bonds. The van der Waals surface area contributed by atoms with E-state index in [1.807, 2.05) is 6.92 Å². The molecule has 0 atom stereocenters. The van der Waals surface area contributed by atoms with Gasteiger partial charge in [-0.3, -0.25) is 4.98 Å². The summed E-state index contributed by atoms with van der Waals surface area (Å²) in [5.41, 5.74) is 7.85. The SMILES string of the molecule is Cc1cc(N)cc(-c2cc(Cl)ccc2F)n1. The van der Waals surface area contributed by atoms with Gasteiger partial charge in [0.2, 0.25) is 0 Å². The molecule has 2 aromatic rings. The van der Waals surface area contributed by atoms with Gasteiger partial charge in [0.05, 0.1) is 5.69 Å². The quantitative estimate of drug-likeness (QED) is 0.824. The number of halogens is 2. The maximum atomic E-state index is 13.6. The molecule has 2 N–H and O–H groups in total. The van der Waals surface area contributed by atoms with E-state index in [-0.39, 0.29) is 5.82 Å². The molecule has 0 aliphatic heterocycles. The second-order valence-electron chi connectivity index (χ2n) is 3.55. The molecule has 2 rings (SSSR count). The number of pyridine rings is 1. The lowest BCUT2D eigenvalue weighted by Gasteiger charge is -2.05. The van der Waals surface area contributed by atoms with Gasteiger partial charge >= 0.3 is 0 Å². The molecule has 4 heteroatoms. The van der Waals surface area contributed by atoms with Crippen LogP contribution in [-0.4, -0.2) is 4.98 Å².